The summed E-state index contributed by atoms with van der Waals surface area (Å²) in [5.41, 5.74) is 0.145. The highest BCUT2D eigenvalue weighted by Gasteiger charge is 2.39. The third-order valence-corrected chi connectivity index (χ3v) is 5.65. The predicted octanol–water partition coefficient (Wildman–Crippen LogP) is 5.35. The first kappa shape index (κ1) is 19.9. The van der Waals surface area contributed by atoms with Crippen LogP contribution in [0, 0.1) is 5.92 Å². The summed E-state index contributed by atoms with van der Waals surface area (Å²) < 4.78 is 41.7. The summed E-state index contributed by atoms with van der Waals surface area (Å²) in [6.45, 7) is 0.759. The molecule has 0 amide bonds. The van der Waals surface area contributed by atoms with Crippen molar-refractivity contribution in [1.29, 1.82) is 0 Å². The van der Waals surface area contributed by atoms with E-state index in [0.717, 1.165) is 6.07 Å². The highest BCUT2D eigenvalue weighted by atomic mass is 79.9. The first-order valence-electron chi connectivity index (χ1n) is 8.66. The van der Waals surface area contributed by atoms with Gasteiger partial charge in [-0.25, -0.2) is 0 Å². The van der Waals surface area contributed by atoms with Crippen LogP contribution in [0.5, 0.6) is 0 Å². The lowest BCUT2D eigenvalue weighted by Gasteiger charge is -2.38. The molecule has 2 unspecified atom stereocenters. The van der Waals surface area contributed by atoms with Crippen LogP contribution in [0.1, 0.15) is 35.6 Å². The maximum Gasteiger partial charge on any atom is 0.416 e. The Kier molecular flexibility index (Phi) is 5.91. The van der Waals surface area contributed by atoms with Crippen molar-refractivity contribution in [3.05, 3.63) is 69.7 Å². The molecule has 1 saturated heterocycles. The quantitative estimate of drug-likeness (QED) is 0.694. The summed E-state index contributed by atoms with van der Waals surface area (Å²) in [5, 5.41) is 9.40. The van der Waals surface area contributed by atoms with Gasteiger partial charge in [-0.15, -0.1) is 0 Å². The van der Waals surface area contributed by atoms with E-state index in [9.17, 15) is 23.1 Å². The van der Waals surface area contributed by atoms with Gasteiger partial charge in [0.15, 0.2) is 0 Å². The van der Waals surface area contributed by atoms with Crippen LogP contribution in [-0.2, 0) is 11.0 Å². The lowest BCUT2D eigenvalue weighted by atomic mass is 9.89. The number of piperidine rings is 1. The zero-order chi connectivity index (χ0) is 19.6. The molecule has 2 atom stereocenters. The number of carboxylic acid groups (broad SMARTS) is 1. The number of carbonyl (C=O) groups is 1. The molecule has 0 radical (unpaired) electrons. The van der Waals surface area contributed by atoms with Crippen molar-refractivity contribution in [2.24, 2.45) is 5.92 Å². The Labute approximate surface area is 163 Å². The molecule has 1 N–H and O–H groups in total. The van der Waals surface area contributed by atoms with Crippen molar-refractivity contribution in [1.82, 2.24) is 4.90 Å². The van der Waals surface area contributed by atoms with Crippen LogP contribution in [0.3, 0.4) is 0 Å². The van der Waals surface area contributed by atoms with Gasteiger partial charge in [0.1, 0.15) is 0 Å². The number of carboxylic acids is 1. The second-order valence-corrected chi connectivity index (χ2v) is 7.54. The Balaban J connectivity index is 2.13. The molecule has 0 aromatic heterocycles. The van der Waals surface area contributed by atoms with Crippen LogP contribution in [0.2, 0.25) is 0 Å². The number of hydrogen-bond acceptors (Lipinski definition) is 2. The van der Waals surface area contributed by atoms with E-state index in [0.29, 0.717) is 29.4 Å². The van der Waals surface area contributed by atoms with Crippen LogP contribution in [-0.4, -0.2) is 29.1 Å². The molecule has 144 valence electrons. The molecule has 1 fully saturated rings. The van der Waals surface area contributed by atoms with Crippen LogP contribution in [0.25, 0.3) is 0 Å². The lowest BCUT2D eigenvalue weighted by Crippen LogP contribution is -2.41. The summed E-state index contributed by atoms with van der Waals surface area (Å²) in [7, 11) is 0. The fraction of sp³-hybridized carbons (Fsp3) is 0.350. The van der Waals surface area contributed by atoms with E-state index in [1.165, 1.54) is 12.1 Å². The van der Waals surface area contributed by atoms with Crippen molar-refractivity contribution in [3.8, 4) is 0 Å². The molecular formula is C20H19BrF3NO2. The summed E-state index contributed by atoms with van der Waals surface area (Å²) >= 11 is 3.46. The van der Waals surface area contributed by atoms with Crippen molar-refractivity contribution in [3.63, 3.8) is 0 Å². The number of rotatable bonds is 4. The van der Waals surface area contributed by atoms with E-state index in [1.807, 2.05) is 4.90 Å². The standard InChI is InChI=1S/C20H19BrF3NO2/c21-17-10-4-2-8-15(17)18(25-11-5-6-13(12-25)19(26)27)14-7-1-3-9-16(14)20(22,23)24/h1-4,7-10,13,18H,5-6,11-12H2,(H,26,27). The van der Waals surface area contributed by atoms with E-state index in [-0.39, 0.29) is 12.1 Å². The number of hydrogen-bond donors (Lipinski definition) is 1. The number of likely N-dealkylation sites (tertiary alicyclic amines) is 1. The topological polar surface area (TPSA) is 40.5 Å². The smallest absolute Gasteiger partial charge is 0.416 e. The highest BCUT2D eigenvalue weighted by Crippen LogP contribution is 2.42. The lowest BCUT2D eigenvalue weighted by molar-refractivity contribution is -0.144. The Morgan fingerprint density at radius 3 is 2.37 bits per heavy atom. The first-order valence-corrected chi connectivity index (χ1v) is 9.45. The molecule has 0 aliphatic carbocycles. The number of alkyl halides is 3. The second kappa shape index (κ2) is 8.02. The Morgan fingerprint density at radius 1 is 1.11 bits per heavy atom. The predicted molar refractivity (Wildman–Crippen MR) is 99.4 cm³/mol. The Hall–Kier alpha value is -1.86. The van der Waals surface area contributed by atoms with Crippen molar-refractivity contribution in [2.45, 2.75) is 25.1 Å². The van der Waals surface area contributed by atoms with Crippen LogP contribution in [0.4, 0.5) is 13.2 Å². The first-order chi connectivity index (χ1) is 12.8. The minimum Gasteiger partial charge on any atom is -0.481 e. The molecule has 1 aliphatic rings. The van der Waals surface area contributed by atoms with E-state index in [2.05, 4.69) is 15.9 Å². The molecule has 0 saturated carbocycles. The minimum atomic E-state index is -4.49. The van der Waals surface area contributed by atoms with E-state index in [1.54, 1.807) is 30.3 Å². The van der Waals surface area contributed by atoms with Gasteiger partial charge >= 0.3 is 12.1 Å². The molecule has 3 rings (SSSR count). The third-order valence-electron chi connectivity index (χ3n) is 4.93. The largest absolute Gasteiger partial charge is 0.481 e. The summed E-state index contributed by atoms with van der Waals surface area (Å²) in [5.74, 6) is -1.49. The van der Waals surface area contributed by atoms with Gasteiger partial charge in [-0.1, -0.05) is 52.3 Å². The molecule has 0 bridgehead atoms. The maximum absolute atomic E-state index is 13.7. The van der Waals surface area contributed by atoms with Crippen LogP contribution < -0.4 is 0 Å². The summed E-state index contributed by atoms with van der Waals surface area (Å²) in [6, 6.07) is 12.0. The molecule has 27 heavy (non-hydrogen) atoms. The monoisotopic (exact) mass is 441 g/mol. The van der Waals surface area contributed by atoms with E-state index < -0.39 is 29.7 Å². The van der Waals surface area contributed by atoms with Crippen LogP contribution in [0.15, 0.2) is 53.0 Å². The molecule has 0 spiro atoms. The van der Waals surface area contributed by atoms with Gasteiger partial charge in [0.05, 0.1) is 17.5 Å². The maximum atomic E-state index is 13.7. The number of halogens is 4. The zero-order valence-corrected chi connectivity index (χ0v) is 16.0. The number of benzene rings is 2. The Morgan fingerprint density at radius 2 is 1.74 bits per heavy atom. The van der Waals surface area contributed by atoms with Gasteiger partial charge in [-0.05, 0) is 42.6 Å². The summed E-state index contributed by atoms with van der Waals surface area (Å²) in [4.78, 5) is 13.3. The average molecular weight is 442 g/mol. The second-order valence-electron chi connectivity index (χ2n) is 6.68. The normalized spacial score (nSPS) is 19.6. The molecule has 3 nitrogen and oxygen atoms in total. The van der Waals surface area contributed by atoms with E-state index in [4.69, 9.17) is 0 Å². The van der Waals surface area contributed by atoms with Gasteiger partial charge in [0.2, 0.25) is 0 Å². The fourth-order valence-corrected chi connectivity index (χ4v) is 4.20. The SMILES string of the molecule is O=C(O)C1CCCN(C(c2ccccc2Br)c2ccccc2C(F)(F)F)C1. The van der Waals surface area contributed by atoms with Crippen molar-refractivity contribution < 1.29 is 23.1 Å². The molecule has 2 aromatic carbocycles. The van der Waals surface area contributed by atoms with Gasteiger partial charge in [0.25, 0.3) is 0 Å². The van der Waals surface area contributed by atoms with Crippen molar-refractivity contribution >= 4 is 21.9 Å². The molecule has 7 heteroatoms. The van der Waals surface area contributed by atoms with Gasteiger partial charge in [0, 0.05) is 11.0 Å². The zero-order valence-electron chi connectivity index (χ0n) is 14.4. The molecule has 1 heterocycles. The van der Waals surface area contributed by atoms with Gasteiger partial charge in [-0.2, -0.15) is 13.2 Å². The van der Waals surface area contributed by atoms with Gasteiger partial charge in [-0.3, -0.25) is 9.69 Å². The van der Waals surface area contributed by atoms with Crippen LogP contribution >= 0.6 is 15.9 Å². The fourth-order valence-electron chi connectivity index (χ4n) is 3.69. The van der Waals surface area contributed by atoms with Crippen molar-refractivity contribution in [2.75, 3.05) is 13.1 Å². The average Bonchev–Trinajstić information content (AvgIpc) is 2.63. The number of aliphatic carboxylic acids is 1. The Bertz CT molecular complexity index is 825. The molecule has 2 aromatic rings. The highest BCUT2D eigenvalue weighted by molar-refractivity contribution is 9.10. The van der Waals surface area contributed by atoms with E-state index >= 15 is 0 Å². The minimum absolute atomic E-state index is 0.142. The molecule has 1 aliphatic heterocycles. The molecular weight excluding hydrogens is 423 g/mol. The number of nitrogens with zero attached hydrogens (tertiary/aromatic N) is 1. The van der Waals surface area contributed by atoms with Gasteiger partial charge < -0.3 is 5.11 Å². The summed E-state index contributed by atoms with van der Waals surface area (Å²) in [6.07, 6.45) is -3.32. The third kappa shape index (κ3) is 4.35.